The maximum Gasteiger partial charge on any atom is -0.0317 e. The second-order valence-electron chi connectivity index (χ2n) is 1.46. The first-order chi connectivity index (χ1) is 3.15. The van der Waals surface area contributed by atoms with Crippen molar-refractivity contribution in [3.63, 3.8) is 0 Å². The molecule has 3 heteroatoms. The second-order valence-corrected chi connectivity index (χ2v) is 4.39. The van der Waals surface area contributed by atoms with Gasteiger partial charge in [-0.3, -0.25) is 0 Å². The van der Waals surface area contributed by atoms with Gasteiger partial charge >= 0.3 is 0 Å². The van der Waals surface area contributed by atoms with Crippen LogP contribution in [-0.4, -0.2) is 26.7 Å². The molecule has 7 heavy (non-hydrogen) atoms. The first kappa shape index (κ1) is 10.7. The second kappa shape index (κ2) is 9.94. The number of nitrogens with two attached hydrogens (primary N) is 1. The van der Waals surface area contributed by atoms with Crippen molar-refractivity contribution < 1.29 is 0 Å². The van der Waals surface area contributed by atoms with E-state index < -0.39 is 0 Å². The predicted molar refractivity (Wildman–Crippen MR) is 43.1 cm³/mol. The fourth-order valence-electron chi connectivity index (χ4n) is 0. The monoisotopic (exact) mass is 139 g/mol. The standard InChI is InChI=1S/C2H8NP.C2H7P/c1-4(2)3;1-3-2/h3H2,1-2H3;3H,1-2H3. The molecule has 0 aromatic rings. The maximum absolute atomic E-state index is 5.18. The first-order valence-electron chi connectivity index (χ1n) is 2.15. The van der Waals surface area contributed by atoms with Gasteiger partial charge in [0.25, 0.3) is 0 Å². The molecular formula is C4H15NP2. The molecule has 0 saturated heterocycles. The minimum atomic E-state index is -0.120. The van der Waals surface area contributed by atoms with Gasteiger partial charge in [-0.15, -0.1) is 8.58 Å². The summed E-state index contributed by atoms with van der Waals surface area (Å²) in [4.78, 5) is 0. The fourth-order valence-corrected chi connectivity index (χ4v) is 0. The normalized spacial score (nSPS) is 7.71. The number of hydrogen-bond donors (Lipinski definition) is 1. The zero-order valence-electron chi connectivity index (χ0n) is 5.52. The van der Waals surface area contributed by atoms with Gasteiger partial charge in [0.05, 0.1) is 0 Å². The van der Waals surface area contributed by atoms with Crippen molar-refractivity contribution in [1.29, 1.82) is 0 Å². The molecule has 0 atom stereocenters. The van der Waals surface area contributed by atoms with Gasteiger partial charge in [-0.25, -0.2) is 0 Å². The molecular weight excluding hydrogens is 124 g/mol. The van der Waals surface area contributed by atoms with E-state index in [9.17, 15) is 0 Å². The van der Waals surface area contributed by atoms with Gasteiger partial charge in [-0.05, 0) is 34.7 Å². The summed E-state index contributed by atoms with van der Waals surface area (Å²) in [7, 11) is 0.963. The molecule has 1 nitrogen and oxygen atoms in total. The van der Waals surface area contributed by atoms with Crippen LogP contribution in [0.3, 0.4) is 0 Å². The molecule has 0 bridgehead atoms. The van der Waals surface area contributed by atoms with E-state index in [0.29, 0.717) is 0 Å². The third kappa shape index (κ3) is 236. The van der Waals surface area contributed by atoms with Gasteiger partial charge in [0.2, 0.25) is 0 Å². The highest BCUT2D eigenvalue weighted by atomic mass is 31.1. The predicted octanol–water partition coefficient (Wildman–Crippen LogP) is 1.53. The summed E-state index contributed by atoms with van der Waals surface area (Å²) in [5.74, 6) is 0. The van der Waals surface area contributed by atoms with E-state index in [2.05, 4.69) is 13.3 Å². The van der Waals surface area contributed by atoms with Crippen LogP contribution in [-0.2, 0) is 0 Å². The molecule has 0 rings (SSSR count). The highest BCUT2D eigenvalue weighted by Crippen LogP contribution is 2.07. The summed E-state index contributed by atoms with van der Waals surface area (Å²) in [6, 6.07) is 0. The molecule has 0 radical (unpaired) electrons. The molecule has 0 aliphatic carbocycles. The zero-order valence-corrected chi connectivity index (χ0v) is 7.42. The van der Waals surface area contributed by atoms with Gasteiger partial charge in [-0.2, -0.15) is 0 Å². The Bertz CT molecular complexity index is 20.9. The molecule has 0 saturated carbocycles. The zero-order chi connectivity index (χ0) is 6.28. The lowest BCUT2D eigenvalue weighted by Gasteiger charge is -1.82. The molecule has 46 valence electrons. The number of rotatable bonds is 0. The van der Waals surface area contributed by atoms with Gasteiger partial charge in [0.1, 0.15) is 0 Å². The average molecular weight is 139 g/mol. The SMILES string of the molecule is CP(C)N.CPC. The summed E-state index contributed by atoms with van der Waals surface area (Å²) in [5.41, 5.74) is 5.18. The fraction of sp³-hybridized carbons (Fsp3) is 1.00. The number of hydrogen-bond acceptors (Lipinski definition) is 1. The van der Waals surface area contributed by atoms with Crippen molar-refractivity contribution in [3.05, 3.63) is 0 Å². The molecule has 0 unspecified atom stereocenters. The third-order valence-electron chi connectivity index (χ3n) is 0. The van der Waals surface area contributed by atoms with E-state index in [4.69, 9.17) is 5.50 Å². The topological polar surface area (TPSA) is 26.0 Å². The Labute approximate surface area is 49.7 Å². The smallest absolute Gasteiger partial charge is 0.0317 e. The Morgan fingerprint density at radius 3 is 1.29 bits per heavy atom. The van der Waals surface area contributed by atoms with E-state index in [0.717, 1.165) is 8.58 Å². The molecule has 0 aliphatic heterocycles. The van der Waals surface area contributed by atoms with Crippen LogP contribution in [0.2, 0.25) is 0 Å². The summed E-state index contributed by atoms with van der Waals surface area (Å²) >= 11 is 0. The third-order valence-corrected chi connectivity index (χ3v) is 0. The lowest BCUT2D eigenvalue weighted by Crippen LogP contribution is -1.76. The Hall–Kier alpha value is 0.820. The molecule has 2 N–H and O–H groups in total. The molecule has 0 fully saturated rings. The maximum atomic E-state index is 5.18. The summed E-state index contributed by atoms with van der Waals surface area (Å²) in [6.45, 7) is 8.32. The van der Waals surface area contributed by atoms with E-state index in [-0.39, 0.29) is 8.07 Å². The van der Waals surface area contributed by atoms with E-state index in [1.165, 1.54) is 0 Å². The summed E-state index contributed by atoms with van der Waals surface area (Å²) in [6.07, 6.45) is 0. The minimum absolute atomic E-state index is 0.120. The van der Waals surface area contributed by atoms with Crippen LogP contribution in [0.5, 0.6) is 0 Å². The van der Waals surface area contributed by atoms with E-state index >= 15 is 0 Å². The average Bonchev–Trinajstić information content (AvgIpc) is 1.33. The quantitative estimate of drug-likeness (QED) is 0.506. The molecule has 0 heterocycles. The van der Waals surface area contributed by atoms with Crippen LogP contribution in [0.4, 0.5) is 0 Å². The Balaban J connectivity index is 0. The van der Waals surface area contributed by atoms with Crippen molar-refractivity contribution in [2.24, 2.45) is 5.50 Å². The van der Waals surface area contributed by atoms with Crippen LogP contribution in [0.25, 0.3) is 0 Å². The van der Waals surface area contributed by atoms with Crippen molar-refractivity contribution in [1.82, 2.24) is 0 Å². The van der Waals surface area contributed by atoms with Crippen LogP contribution in [0.1, 0.15) is 0 Å². The van der Waals surface area contributed by atoms with Gasteiger partial charge in [0, 0.05) is 0 Å². The highest BCUT2D eigenvalue weighted by Gasteiger charge is 1.65. The Kier molecular flexibility index (Phi) is 15.3. The van der Waals surface area contributed by atoms with E-state index in [1.54, 1.807) is 0 Å². The van der Waals surface area contributed by atoms with Gasteiger partial charge in [-0.1, -0.05) is 0 Å². The molecule has 0 spiro atoms. The summed E-state index contributed by atoms with van der Waals surface area (Å²) < 4.78 is 0. The van der Waals surface area contributed by atoms with Crippen molar-refractivity contribution in [3.8, 4) is 0 Å². The Morgan fingerprint density at radius 1 is 1.29 bits per heavy atom. The first-order valence-corrected chi connectivity index (χ1v) is 6.46. The minimum Gasteiger partial charge on any atom is -0.310 e. The Morgan fingerprint density at radius 2 is 1.29 bits per heavy atom. The molecule has 0 aromatic carbocycles. The van der Waals surface area contributed by atoms with Crippen LogP contribution >= 0.6 is 16.7 Å². The van der Waals surface area contributed by atoms with Crippen molar-refractivity contribution >= 4 is 16.7 Å². The molecule has 0 amide bonds. The molecule has 0 aromatic heterocycles. The van der Waals surface area contributed by atoms with Gasteiger partial charge in [0.15, 0.2) is 0 Å². The summed E-state index contributed by atoms with van der Waals surface area (Å²) in [5, 5.41) is 0. The van der Waals surface area contributed by atoms with Crippen molar-refractivity contribution in [2.75, 3.05) is 26.7 Å². The van der Waals surface area contributed by atoms with Crippen LogP contribution in [0, 0.1) is 0 Å². The lowest BCUT2D eigenvalue weighted by molar-refractivity contribution is 1.89. The highest BCUT2D eigenvalue weighted by molar-refractivity contribution is 7.53. The largest absolute Gasteiger partial charge is 0.310 e. The van der Waals surface area contributed by atoms with Crippen LogP contribution < -0.4 is 5.50 Å². The van der Waals surface area contributed by atoms with Crippen molar-refractivity contribution in [2.45, 2.75) is 0 Å². The van der Waals surface area contributed by atoms with Gasteiger partial charge < -0.3 is 5.50 Å². The van der Waals surface area contributed by atoms with E-state index in [1.807, 2.05) is 13.3 Å². The lowest BCUT2D eigenvalue weighted by atomic mass is 11.9. The molecule has 0 aliphatic rings. The van der Waals surface area contributed by atoms with Crippen LogP contribution in [0.15, 0.2) is 0 Å².